The third-order valence-electron chi connectivity index (χ3n) is 2.39. The molecule has 0 saturated carbocycles. The largest absolute Gasteiger partial charge is 0.379 e. The summed E-state index contributed by atoms with van der Waals surface area (Å²) in [5.74, 6) is 0.549. The van der Waals surface area contributed by atoms with Crippen molar-refractivity contribution in [2.45, 2.75) is 26.9 Å². The van der Waals surface area contributed by atoms with Gasteiger partial charge in [-0.2, -0.15) is 5.10 Å². The van der Waals surface area contributed by atoms with Crippen LogP contribution in [-0.2, 0) is 17.8 Å². The van der Waals surface area contributed by atoms with E-state index in [1.54, 1.807) is 0 Å². The van der Waals surface area contributed by atoms with Gasteiger partial charge in [-0.25, -0.2) is 0 Å². The number of nitrogens with zero attached hydrogens (tertiary/aromatic N) is 2. The van der Waals surface area contributed by atoms with Crippen LogP contribution in [0, 0.1) is 6.92 Å². The first kappa shape index (κ1) is 15.0. The number of alkyl halides is 1. The molecule has 0 unspecified atom stereocenters. The summed E-state index contributed by atoms with van der Waals surface area (Å²) in [6, 6.07) is 0. The summed E-state index contributed by atoms with van der Waals surface area (Å²) in [5, 5.41) is 7.77. The van der Waals surface area contributed by atoms with Crippen molar-refractivity contribution in [3.8, 4) is 0 Å². The average Bonchev–Trinajstić information content (AvgIpc) is 2.60. The molecule has 0 saturated heterocycles. The molecule has 0 radical (unpaired) electrons. The number of hydrogen-bond acceptors (Lipinski definition) is 3. The maximum atomic E-state index is 5.51. The van der Waals surface area contributed by atoms with E-state index in [1.807, 2.05) is 11.6 Å². The Morgan fingerprint density at radius 1 is 1.47 bits per heavy atom. The quantitative estimate of drug-likeness (QED) is 0.589. The number of aromatic nitrogens is 2. The Morgan fingerprint density at radius 3 is 2.88 bits per heavy atom. The molecule has 6 heteroatoms. The van der Waals surface area contributed by atoms with Crippen molar-refractivity contribution in [1.82, 2.24) is 15.1 Å². The van der Waals surface area contributed by atoms with E-state index in [9.17, 15) is 0 Å². The summed E-state index contributed by atoms with van der Waals surface area (Å²) in [6.07, 6.45) is 0. The van der Waals surface area contributed by atoms with Crippen molar-refractivity contribution < 1.29 is 4.74 Å². The summed E-state index contributed by atoms with van der Waals surface area (Å²) in [6.45, 7) is 7.88. The summed E-state index contributed by atoms with van der Waals surface area (Å²) in [5.41, 5.74) is 2.21. The fraction of sp³-hybridized carbons (Fsp3) is 0.727. The molecule has 1 aromatic rings. The molecule has 1 aromatic heterocycles. The van der Waals surface area contributed by atoms with Crippen LogP contribution in [0.5, 0.6) is 0 Å². The molecule has 0 spiro atoms. The van der Waals surface area contributed by atoms with E-state index in [-0.39, 0.29) is 0 Å². The van der Waals surface area contributed by atoms with E-state index >= 15 is 0 Å². The lowest BCUT2D eigenvalue weighted by Crippen LogP contribution is -2.21. The van der Waals surface area contributed by atoms with E-state index in [0.29, 0.717) is 19.1 Å². The molecular formula is C11H19BrClN3O. The highest BCUT2D eigenvalue weighted by Gasteiger charge is 2.10. The van der Waals surface area contributed by atoms with Gasteiger partial charge < -0.3 is 10.1 Å². The fourth-order valence-corrected chi connectivity index (χ4v) is 2.08. The van der Waals surface area contributed by atoms with Crippen molar-refractivity contribution in [2.75, 3.05) is 25.6 Å². The third-order valence-corrected chi connectivity index (χ3v) is 3.58. The molecule has 0 amide bonds. The van der Waals surface area contributed by atoms with Crippen LogP contribution < -0.4 is 5.32 Å². The number of halogens is 2. The lowest BCUT2D eigenvalue weighted by Gasteiger charge is -2.07. The predicted molar refractivity (Wildman–Crippen MR) is 73.6 cm³/mol. The monoisotopic (exact) mass is 323 g/mol. The van der Waals surface area contributed by atoms with Gasteiger partial charge in [-0.05, 0) is 29.8 Å². The lowest BCUT2D eigenvalue weighted by atomic mass is 10.3. The van der Waals surface area contributed by atoms with Gasteiger partial charge in [-0.1, -0.05) is 0 Å². The molecule has 4 nitrogen and oxygen atoms in total. The number of hydrogen-bond donors (Lipinski definition) is 1. The number of ether oxygens (including phenoxy) is 1. The van der Waals surface area contributed by atoms with E-state index in [0.717, 1.165) is 29.8 Å². The molecule has 0 aliphatic heterocycles. The Bertz CT molecular complexity index is 344. The minimum Gasteiger partial charge on any atom is -0.379 e. The first-order valence-electron chi connectivity index (χ1n) is 5.76. The topological polar surface area (TPSA) is 39.1 Å². The predicted octanol–water partition coefficient (Wildman–Crippen LogP) is 2.32. The highest BCUT2D eigenvalue weighted by molar-refractivity contribution is 9.10. The van der Waals surface area contributed by atoms with Crippen LogP contribution in [0.4, 0.5) is 0 Å². The van der Waals surface area contributed by atoms with Crippen LogP contribution in [0.15, 0.2) is 4.47 Å². The lowest BCUT2D eigenvalue weighted by molar-refractivity contribution is 0.150. The van der Waals surface area contributed by atoms with E-state index in [1.165, 1.54) is 5.69 Å². The number of rotatable bonds is 8. The Labute approximate surface area is 116 Å². The molecule has 98 valence electrons. The van der Waals surface area contributed by atoms with Crippen molar-refractivity contribution in [3.05, 3.63) is 15.9 Å². The molecule has 0 bridgehead atoms. The smallest absolute Gasteiger partial charge is 0.0739 e. The normalized spacial score (nSPS) is 11.1. The van der Waals surface area contributed by atoms with Crippen molar-refractivity contribution >= 4 is 27.5 Å². The van der Waals surface area contributed by atoms with Crippen LogP contribution in [-0.4, -0.2) is 35.4 Å². The van der Waals surface area contributed by atoms with Gasteiger partial charge in [0.25, 0.3) is 0 Å². The molecule has 1 heterocycles. The third kappa shape index (κ3) is 4.58. The van der Waals surface area contributed by atoms with E-state index in [2.05, 4.69) is 33.3 Å². The second-order valence-electron chi connectivity index (χ2n) is 3.64. The Hall–Kier alpha value is -0.100. The fourth-order valence-electron chi connectivity index (χ4n) is 1.55. The maximum Gasteiger partial charge on any atom is 0.0739 e. The minimum absolute atomic E-state index is 0.549. The molecule has 0 fully saturated rings. The highest BCUT2D eigenvalue weighted by atomic mass is 79.9. The summed E-state index contributed by atoms with van der Waals surface area (Å²) in [4.78, 5) is 0. The molecule has 0 aliphatic rings. The van der Waals surface area contributed by atoms with Crippen LogP contribution in [0.25, 0.3) is 0 Å². The minimum atomic E-state index is 0.549. The SMILES string of the molecule is CCn1nc(C)c(Br)c1CNCCOCCCl. The summed E-state index contributed by atoms with van der Waals surface area (Å²) >= 11 is 9.07. The second-order valence-corrected chi connectivity index (χ2v) is 4.81. The first-order valence-corrected chi connectivity index (χ1v) is 7.09. The Balaban J connectivity index is 2.35. The zero-order chi connectivity index (χ0) is 12.7. The molecule has 0 aliphatic carbocycles. The summed E-state index contributed by atoms with van der Waals surface area (Å²) < 4.78 is 8.38. The van der Waals surface area contributed by atoms with Gasteiger partial charge in [0, 0.05) is 25.5 Å². The van der Waals surface area contributed by atoms with Crippen molar-refractivity contribution in [3.63, 3.8) is 0 Å². The van der Waals surface area contributed by atoms with Gasteiger partial charge in [0.1, 0.15) is 0 Å². The number of nitrogens with one attached hydrogen (secondary N) is 1. The van der Waals surface area contributed by atoms with Gasteiger partial charge in [0.05, 0.1) is 29.1 Å². The van der Waals surface area contributed by atoms with Crippen LogP contribution in [0.3, 0.4) is 0 Å². The molecule has 1 rings (SSSR count). The van der Waals surface area contributed by atoms with Gasteiger partial charge in [0.2, 0.25) is 0 Å². The van der Waals surface area contributed by atoms with Gasteiger partial charge in [0.15, 0.2) is 0 Å². The Morgan fingerprint density at radius 2 is 2.24 bits per heavy atom. The molecule has 0 atom stereocenters. The zero-order valence-electron chi connectivity index (χ0n) is 10.3. The van der Waals surface area contributed by atoms with E-state index in [4.69, 9.17) is 16.3 Å². The van der Waals surface area contributed by atoms with Crippen LogP contribution in [0.1, 0.15) is 18.3 Å². The molecule has 17 heavy (non-hydrogen) atoms. The standard InChI is InChI=1S/C11H19BrClN3O/c1-3-16-10(11(12)9(2)15-16)8-14-5-7-17-6-4-13/h14H,3-8H2,1-2H3. The van der Waals surface area contributed by atoms with Crippen LogP contribution >= 0.6 is 27.5 Å². The van der Waals surface area contributed by atoms with Crippen molar-refractivity contribution in [2.24, 2.45) is 0 Å². The second kappa shape index (κ2) is 8.08. The van der Waals surface area contributed by atoms with Crippen LogP contribution in [0.2, 0.25) is 0 Å². The first-order chi connectivity index (χ1) is 8.20. The zero-order valence-corrected chi connectivity index (χ0v) is 12.6. The van der Waals surface area contributed by atoms with Gasteiger partial charge in [-0.3, -0.25) is 4.68 Å². The average molecular weight is 325 g/mol. The molecule has 1 N–H and O–H groups in total. The van der Waals surface area contributed by atoms with Gasteiger partial charge >= 0.3 is 0 Å². The van der Waals surface area contributed by atoms with Crippen molar-refractivity contribution in [1.29, 1.82) is 0 Å². The Kier molecular flexibility index (Phi) is 7.11. The number of aryl methyl sites for hydroxylation is 2. The molecule has 0 aromatic carbocycles. The van der Waals surface area contributed by atoms with Gasteiger partial charge in [-0.15, -0.1) is 11.6 Å². The molecular weight excluding hydrogens is 305 g/mol. The van der Waals surface area contributed by atoms with E-state index < -0.39 is 0 Å². The summed E-state index contributed by atoms with van der Waals surface area (Å²) in [7, 11) is 0. The maximum absolute atomic E-state index is 5.51. The highest BCUT2D eigenvalue weighted by Crippen LogP contribution is 2.20.